The van der Waals surface area contributed by atoms with E-state index in [9.17, 15) is 8.42 Å². The molecule has 1 aliphatic rings. The predicted molar refractivity (Wildman–Crippen MR) is 111 cm³/mol. The average molecular weight is 461 g/mol. The molecule has 4 rings (SSSR count). The van der Waals surface area contributed by atoms with Gasteiger partial charge in [0.2, 0.25) is 10.0 Å². The maximum Gasteiger partial charge on any atom is 0.242 e. The third-order valence-electron chi connectivity index (χ3n) is 4.95. The van der Waals surface area contributed by atoms with Crippen LogP contribution in [0.4, 0.5) is 0 Å². The van der Waals surface area contributed by atoms with Gasteiger partial charge in [-0.3, -0.25) is 9.67 Å². The lowest BCUT2D eigenvalue weighted by Crippen LogP contribution is -2.24. The molecule has 0 saturated heterocycles. The van der Waals surface area contributed by atoms with Gasteiger partial charge in [0.25, 0.3) is 0 Å². The van der Waals surface area contributed by atoms with Gasteiger partial charge in [0.05, 0.1) is 34.6 Å². The molecule has 0 bridgehead atoms. The summed E-state index contributed by atoms with van der Waals surface area (Å²) in [4.78, 5) is 4.67. The number of rotatable bonds is 6. The molecule has 0 spiro atoms. The molecule has 1 aliphatic carbocycles. The molecule has 2 heterocycles. The fraction of sp³-hybridized carbons (Fsp3) is 0.300. The lowest BCUT2D eigenvalue weighted by atomic mass is 10.2. The van der Waals surface area contributed by atoms with Crippen molar-refractivity contribution in [1.82, 2.24) is 19.5 Å². The van der Waals surface area contributed by atoms with E-state index >= 15 is 0 Å². The van der Waals surface area contributed by atoms with Crippen LogP contribution in [0, 0.1) is 0 Å². The number of hydrogen-bond donors (Lipinski definition) is 1. The number of aromatic nitrogens is 3. The minimum Gasteiger partial charge on any atom is -0.260 e. The van der Waals surface area contributed by atoms with E-state index in [0.29, 0.717) is 16.2 Å². The van der Waals surface area contributed by atoms with Gasteiger partial charge < -0.3 is 0 Å². The second-order valence-electron chi connectivity index (χ2n) is 6.87. The first-order valence-corrected chi connectivity index (χ1v) is 11.6. The van der Waals surface area contributed by atoms with Crippen LogP contribution in [0.15, 0.2) is 64.1 Å². The molecule has 1 saturated carbocycles. The number of nitrogens with zero attached hydrogens (tertiary/aromatic N) is 3. The van der Waals surface area contributed by atoms with Crippen molar-refractivity contribution in [2.24, 2.45) is 0 Å². The van der Waals surface area contributed by atoms with Gasteiger partial charge in [-0.25, -0.2) is 13.1 Å². The van der Waals surface area contributed by atoms with Crippen LogP contribution < -0.4 is 4.72 Å². The van der Waals surface area contributed by atoms with Crippen molar-refractivity contribution < 1.29 is 8.42 Å². The van der Waals surface area contributed by atoms with Gasteiger partial charge >= 0.3 is 0 Å². The third kappa shape index (κ3) is 4.04. The Kier molecular flexibility index (Phi) is 5.61. The normalized spacial score (nSPS) is 15.2. The summed E-state index contributed by atoms with van der Waals surface area (Å²) in [6.45, 7) is 0.128. The van der Waals surface area contributed by atoms with Crippen molar-refractivity contribution in [3.8, 4) is 11.4 Å². The maximum atomic E-state index is 12.7. The van der Waals surface area contributed by atoms with Crippen molar-refractivity contribution >= 4 is 26.0 Å². The molecular formula is C20H21BrN4O2S. The summed E-state index contributed by atoms with van der Waals surface area (Å²) in [5.74, 6) is 0. The highest BCUT2D eigenvalue weighted by atomic mass is 79.9. The Morgan fingerprint density at radius 3 is 2.57 bits per heavy atom. The number of benzene rings is 1. The molecular weight excluding hydrogens is 440 g/mol. The third-order valence-corrected chi connectivity index (χ3v) is 7.37. The first kappa shape index (κ1) is 19.3. The monoisotopic (exact) mass is 460 g/mol. The Morgan fingerprint density at radius 2 is 1.86 bits per heavy atom. The van der Waals surface area contributed by atoms with Gasteiger partial charge in [-0.15, -0.1) is 0 Å². The zero-order valence-electron chi connectivity index (χ0n) is 15.3. The van der Waals surface area contributed by atoms with E-state index < -0.39 is 10.0 Å². The van der Waals surface area contributed by atoms with Crippen molar-refractivity contribution in [1.29, 1.82) is 0 Å². The Morgan fingerprint density at radius 1 is 1.11 bits per heavy atom. The molecule has 0 unspecified atom stereocenters. The summed E-state index contributed by atoms with van der Waals surface area (Å²) in [5.41, 5.74) is 2.47. The van der Waals surface area contributed by atoms with Gasteiger partial charge in [-0.1, -0.05) is 31.0 Å². The molecule has 3 aromatic rings. The Hall–Kier alpha value is -2.03. The van der Waals surface area contributed by atoms with Gasteiger partial charge in [0.15, 0.2) is 0 Å². The Labute approximate surface area is 173 Å². The average Bonchev–Trinajstić information content (AvgIpc) is 3.37. The molecule has 0 aliphatic heterocycles. The number of halogens is 1. The topological polar surface area (TPSA) is 76.9 Å². The number of sulfonamides is 1. The van der Waals surface area contributed by atoms with Gasteiger partial charge in [0, 0.05) is 10.7 Å². The molecule has 6 nitrogen and oxygen atoms in total. The smallest absolute Gasteiger partial charge is 0.242 e. The van der Waals surface area contributed by atoms with E-state index in [2.05, 4.69) is 25.6 Å². The molecule has 28 heavy (non-hydrogen) atoms. The lowest BCUT2D eigenvalue weighted by molar-refractivity contribution is 0.466. The van der Waals surface area contributed by atoms with Crippen molar-refractivity contribution in [3.05, 3.63) is 64.9 Å². The molecule has 2 aromatic heterocycles. The first-order valence-electron chi connectivity index (χ1n) is 9.28. The van der Waals surface area contributed by atoms with E-state index in [4.69, 9.17) is 5.10 Å². The summed E-state index contributed by atoms with van der Waals surface area (Å²) in [6.07, 6.45) is 6.32. The zero-order chi connectivity index (χ0) is 19.6. The van der Waals surface area contributed by atoms with Gasteiger partial charge in [0.1, 0.15) is 0 Å². The van der Waals surface area contributed by atoms with Crippen LogP contribution in [0.3, 0.4) is 0 Å². The quantitative estimate of drug-likeness (QED) is 0.594. The summed E-state index contributed by atoms with van der Waals surface area (Å²) in [6, 6.07) is 14.8. The Balaban J connectivity index is 1.61. The van der Waals surface area contributed by atoms with Crippen molar-refractivity contribution in [2.75, 3.05) is 0 Å². The molecule has 0 radical (unpaired) electrons. The zero-order valence-corrected chi connectivity index (χ0v) is 17.7. The Bertz CT molecular complexity index is 1060. The highest BCUT2D eigenvalue weighted by Crippen LogP contribution is 2.33. The predicted octanol–water partition coefficient (Wildman–Crippen LogP) is 4.30. The minimum atomic E-state index is -3.64. The van der Waals surface area contributed by atoms with Crippen molar-refractivity contribution in [2.45, 2.75) is 43.2 Å². The number of pyridine rings is 1. The summed E-state index contributed by atoms with van der Waals surface area (Å²) >= 11 is 3.30. The molecule has 0 amide bonds. The van der Waals surface area contributed by atoms with Crippen LogP contribution in [0.1, 0.15) is 37.4 Å². The minimum absolute atomic E-state index is 0.128. The molecule has 1 fully saturated rings. The second-order valence-corrected chi connectivity index (χ2v) is 9.46. The summed E-state index contributed by atoms with van der Waals surface area (Å²) in [7, 11) is -3.64. The van der Waals surface area contributed by atoms with Crippen LogP contribution in [0.5, 0.6) is 0 Å². The highest BCUT2D eigenvalue weighted by molar-refractivity contribution is 9.10. The second kappa shape index (κ2) is 8.14. The van der Waals surface area contributed by atoms with Gasteiger partial charge in [-0.05, 0) is 59.1 Å². The standard InChI is InChI=1S/C20H21BrN4O2S/c21-17-9-3-4-11-20(17)28(26,27)23-14-15-13-19(18-10-5-6-12-22-18)25(24-15)16-7-1-2-8-16/h3-6,9-13,16,23H,1-2,7-8,14H2. The summed E-state index contributed by atoms with van der Waals surface area (Å²) in [5, 5.41) is 4.73. The molecule has 8 heteroatoms. The highest BCUT2D eigenvalue weighted by Gasteiger charge is 2.23. The van der Waals surface area contributed by atoms with Crippen LogP contribution in [-0.2, 0) is 16.6 Å². The van der Waals surface area contributed by atoms with E-state index in [1.165, 1.54) is 12.8 Å². The molecule has 1 aromatic carbocycles. The number of nitrogens with one attached hydrogen (secondary N) is 1. The van der Waals surface area contributed by atoms with Crippen LogP contribution >= 0.6 is 15.9 Å². The molecule has 0 atom stereocenters. The van der Waals surface area contributed by atoms with E-state index in [-0.39, 0.29) is 11.4 Å². The first-order chi connectivity index (χ1) is 13.5. The van der Waals surface area contributed by atoms with E-state index in [0.717, 1.165) is 24.2 Å². The number of hydrogen-bond acceptors (Lipinski definition) is 4. The van der Waals surface area contributed by atoms with Crippen LogP contribution in [0.2, 0.25) is 0 Å². The van der Waals surface area contributed by atoms with Crippen LogP contribution in [0.25, 0.3) is 11.4 Å². The lowest BCUT2D eigenvalue weighted by Gasteiger charge is -2.13. The fourth-order valence-corrected chi connectivity index (χ4v) is 5.57. The van der Waals surface area contributed by atoms with Crippen molar-refractivity contribution in [3.63, 3.8) is 0 Å². The molecule has 146 valence electrons. The van der Waals surface area contributed by atoms with E-state index in [1.54, 1.807) is 30.5 Å². The molecule has 1 N–H and O–H groups in total. The van der Waals surface area contributed by atoms with E-state index in [1.807, 2.05) is 28.9 Å². The maximum absolute atomic E-state index is 12.7. The fourth-order valence-electron chi connectivity index (χ4n) is 3.57. The summed E-state index contributed by atoms with van der Waals surface area (Å²) < 4.78 is 30.5. The largest absolute Gasteiger partial charge is 0.260 e. The SMILES string of the molecule is O=S(=O)(NCc1cc(-c2ccccn2)n(C2CCCC2)n1)c1ccccc1Br. The van der Waals surface area contributed by atoms with Crippen LogP contribution in [-0.4, -0.2) is 23.2 Å². The van der Waals surface area contributed by atoms with Gasteiger partial charge in [-0.2, -0.15) is 5.10 Å².